The first kappa shape index (κ1) is 19.2. The predicted octanol–water partition coefficient (Wildman–Crippen LogP) is -0.957. The number of ketones is 1. The van der Waals surface area contributed by atoms with Crippen molar-refractivity contribution >= 4 is 48.6 Å². The summed E-state index contributed by atoms with van der Waals surface area (Å²) >= 11 is 0. The van der Waals surface area contributed by atoms with Gasteiger partial charge in [0.1, 0.15) is 17.9 Å². The van der Waals surface area contributed by atoms with Crippen molar-refractivity contribution in [2.75, 3.05) is 29.9 Å². The van der Waals surface area contributed by atoms with E-state index in [2.05, 4.69) is 33.1 Å². The van der Waals surface area contributed by atoms with Crippen LogP contribution in [0.5, 0.6) is 5.88 Å². The van der Waals surface area contributed by atoms with Crippen molar-refractivity contribution < 1.29 is 24.6 Å². The number of carbonyl (C=O) groups excluding carboxylic acids is 1. The van der Waals surface area contributed by atoms with E-state index in [0.717, 1.165) is 0 Å². The van der Waals surface area contributed by atoms with E-state index in [-0.39, 0.29) is 30.6 Å². The molecule has 13 heteroatoms. The molecule has 0 radical (unpaired) electrons. The molecule has 22 heavy (non-hydrogen) atoms. The summed E-state index contributed by atoms with van der Waals surface area (Å²) in [5, 5.41) is 31.2. The second-order valence-corrected chi connectivity index (χ2v) is 9.98. The summed E-state index contributed by atoms with van der Waals surface area (Å²) in [5.74, 6) is -1.51. The first-order valence-corrected chi connectivity index (χ1v) is 10.4. The lowest BCUT2D eigenvalue weighted by Gasteiger charge is -2.18. The highest BCUT2D eigenvalue weighted by Crippen LogP contribution is 2.53. The van der Waals surface area contributed by atoms with Crippen LogP contribution in [0.15, 0.2) is 0 Å². The topological polar surface area (TPSA) is 177 Å². The number of rotatable bonds is 8. The van der Waals surface area contributed by atoms with E-state index in [1.54, 1.807) is 0 Å². The van der Waals surface area contributed by atoms with Crippen LogP contribution in [0.2, 0.25) is 0 Å². The molecule has 0 aliphatic rings. The minimum atomic E-state index is -1.63. The van der Waals surface area contributed by atoms with Gasteiger partial charge in [0.2, 0.25) is 11.8 Å². The molecular formula is C9H18N5O5P3. The molecule has 4 unspecified atom stereocenters. The molecule has 1 aromatic rings. The summed E-state index contributed by atoms with van der Waals surface area (Å²) < 4.78 is 5.11. The van der Waals surface area contributed by atoms with E-state index in [4.69, 9.17) is 16.0 Å². The van der Waals surface area contributed by atoms with Crippen molar-refractivity contribution in [1.82, 2.24) is 9.97 Å². The zero-order valence-electron chi connectivity index (χ0n) is 11.4. The molecule has 8 N–H and O–H groups in total. The molecule has 0 saturated heterocycles. The molecular weight excluding hydrogens is 351 g/mol. The zero-order chi connectivity index (χ0) is 16.9. The van der Waals surface area contributed by atoms with Crippen LogP contribution in [0.3, 0.4) is 0 Å². The Bertz CT molecular complexity index is 535. The van der Waals surface area contributed by atoms with Crippen molar-refractivity contribution in [3.05, 3.63) is 0 Å². The number of nitrogens with two attached hydrogens (primary N) is 2. The number of anilines is 3. The van der Waals surface area contributed by atoms with E-state index >= 15 is 0 Å². The van der Waals surface area contributed by atoms with Gasteiger partial charge >= 0.3 is 0 Å². The minimum absolute atomic E-state index is 0.0465. The Kier molecular flexibility index (Phi) is 7.56. The normalized spacial score (nSPS) is 13.9. The van der Waals surface area contributed by atoms with Crippen LogP contribution >= 0.6 is 25.4 Å². The number of nitrogens with zero attached hydrogens (tertiary/aromatic N) is 2. The lowest BCUT2D eigenvalue weighted by atomic mass is 10.1. The fraction of sp³-hybridized carbons (Fsp3) is 0.444. The maximum absolute atomic E-state index is 11.8. The van der Waals surface area contributed by atoms with E-state index < -0.39 is 31.4 Å². The molecule has 10 nitrogen and oxygen atoms in total. The summed E-state index contributed by atoms with van der Waals surface area (Å²) in [5.41, 5.74) is 10.7. The quantitative estimate of drug-likeness (QED) is 0.313. The van der Waals surface area contributed by atoms with Gasteiger partial charge in [0.25, 0.3) is 0 Å². The van der Waals surface area contributed by atoms with E-state index in [1.165, 1.54) is 0 Å². The summed E-state index contributed by atoms with van der Waals surface area (Å²) in [6.07, 6.45) is -2.99. The number of nitrogens with one attached hydrogen (secondary N) is 1. The van der Waals surface area contributed by atoms with Crippen LogP contribution in [-0.4, -0.2) is 56.4 Å². The fourth-order valence-electron chi connectivity index (χ4n) is 1.35. The van der Waals surface area contributed by atoms with Crippen LogP contribution in [0.25, 0.3) is 0 Å². The van der Waals surface area contributed by atoms with Crippen molar-refractivity contribution in [3.63, 3.8) is 0 Å². The second-order valence-electron chi connectivity index (χ2n) is 4.16. The van der Waals surface area contributed by atoms with Crippen LogP contribution in [-0.2, 0) is 9.32 Å². The van der Waals surface area contributed by atoms with E-state index in [0.29, 0.717) is 0 Å². The highest BCUT2D eigenvalue weighted by atomic mass is 32.4. The van der Waals surface area contributed by atoms with Crippen LogP contribution in [0.1, 0.15) is 0 Å². The van der Waals surface area contributed by atoms with Gasteiger partial charge in [0.05, 0.1) is 20.7 Å². The molecule has 0 amide bonds. The first-order valence-electron chi connectivity index (χ1n) is 5.89. The van der Waals surface area contributed by atoms with Gasteiger partial charge < -0.3 is 36.6 Å². The number of Topliss-reactive ketones (excluding diaryl/α,β-unsaturated/α-hetero) is 1. The number of aromatic nitrogens is 2. The second kappa shape index (κ2) is 8.67. The Balaban J connectivity index is 2.59. The zero-order valence-corrected chi connectivity index (χ0v) is 14.6. The summed E-state index contributed by atoms with van der Waals surface area (Å²) in [4.78, 5) is 18.9. The van der Waals surface area contributed by atoms with Crippen LogP contribution < -0.4 is 16.8 Å². The number of hydrogen-bond donors (Lipinski definition) is 6. The molecule has 1 aromatic heterocycles. The smallest absolute Gasteiger partial charge is 0.241 e. The molecule has 4 atom stereocenters. The highest BCUT2D eigenvalue weighted by molar-refractivity contribution is 8.41. The van der Waals surface area contributed by atoms with Gasteiger partial charge in [-0.2, -0.15) is 9.97 Å². The largest absolute Gasteiger partial charge is 0.492 e. The summed E-state index contributed by atoms with van der Waals surface area (Å²) in [6, 6.07) is 0. The fourth-order valence-corrected chi connectivity index (χ4v) is 2.19. The van der Waals surface area contributed by atoms with Gasteiger partial charge in [0, 0.05) is 0 Å². The molecule has 0 aliphatic heterocycles. The van der Waals surface area contributed by atoms with Gasteiger partial charge in [-0.1, -0.05) is 17.9 Å². The standard InChI is InChI=1S/C9H18N5O5P3/c10-5-7(13-9(11)14-8(5)18)12-1-3(15)6(17)4(16)2-19-22(20)21/h4,6,16-17H,1-2,10,20-21H2,(H4,11,12,13,14,18). The Morgan fingerprint density at radius 2 is 2.00 bits per heavy atom. The summed E-state index contributed by atoms with van der Waals surface area (Å²) in [7, 11) is 3.89. The molecule has 0 saturated carbocycles. The Hall–Kier alpha value is -0.880. The van der Waals surface area contributed by atoms with E-state index in [1.807, 2.05) is 0 Å². The molecule has 0 aromatic carbocycles. The Labute approximate surface area is 132 Å². The molecule has 1 heterocycles. The minimum Gasteiger partial charge on any atom is -0.492 e. The maximum atomic E-state index is 11.8. The first-order chi connectivity index (χ1) is 10.2. The van der Waals surface area contributed by atoms with Gasteiger partial charge in [-0.05, 0) is 0 Å². The average Bonchev–Trinajstić information content (AvgIpc) is 2.45. The average molecular weight is 369 g/mol. The number of aliphatic hydroxyl groups is 2. The molecule has 0 fully saturated rings. The third-order valence-corrected chi connectivity index (χ3v) is 3.80. The number of carbonyl (C=O) groups is 1. The number of aromatic hydroxyl groups is 1. The molecule has 124 valence electrons. The van der Waals surface area contributed by atoms with Crippen molar-refractivity contribution in [1.29, 1.82) is 0 Å². The predicted molar refractivity (Wildman–Crippen MR) is 90.3 cm³/mol. The van der Waals surface area contributed by atoms with Gasteiger partial charge in [-0.25, -0.2) is 0 Å². The molecule has 1 rings (SSSR count). The maximum Gasteiger partial charge on any atom is 0.241 e. The molecule has 0 aliphatic carbocycles. The highest BCUT2D eigenvalue weighted by Gasteiger charge is 2.25. The number of aliphatic hydroxyl groups excluding tert-OH is 2. The summed E-state index contributed by atoms with van der Waals surface area (Å²) in [6.45, 7) is -0.566. The molecule has 0 spiro atoms. The van der Waals surface area contributed by atoms with Crippen molar-refractivity contribution in [2.24, 2.45) is 0 Å². The van der Waals surface area contributed by atoms with Crippen LogP contribution in [0, 0.1) is 0 Å². The number of nitrogen functional groups attached to an aromatic ring is 2. The van der Waals surface area contributed by atoms with Crippen molar-refractivity contribution in [3.8, 4) is 5.88 Å². The lowest BCUT2D eigenvalue weighted by Crippen LogP contribution is -2.39. The Morgan fingerprint density at radius 3 is 2.59 bits per heavy atom. The van der Waals surface area contributed by atoms with Gasteiger partial charge in [0.15, 0.2) is 11.6 Å². The third kappa shape index (κ3) is 5.72. The SMILES string of the molecule is Nc1nc(O)c(N)c(NCC(=O)C(O)C(O)COP(P)P)n1. The number of hydrogen-bond acceptors (Lipinski definition) is 10. The lowest BCUT2D eigenvalue weighted by molar-refractivity contribution is -0.132. The Morgan fingerprint density at radius 1 is 1.36 bits per heavy atom. The van der Waals surface area contributed by atoms with Crippen LogP contribution in [0.4, 0.5) is 17.5 Å². The van der Waals surface area contributed by atoms with E-state index in [9.17, 15) is 20.1 Å². The monoisotopic (exact) mass is 369 g/mol. The van der Waals surface area contributed by atoms with Gasteiger partial charge in [-0.3, -0.25) is 4.79 Å². The van der Waals surface area contributed by atoms with Crippen molar-refractivity contribution in [2.45, 2.75) is 12.2 Å². The molecule has 0 bridgehead atoms. The van der Waals surface area contributed by atoms with Gasteiger partial charge in [-0.15, -0.1) is 0 Å². The third-order valence-electron chi connectivity index (χ3n) is 2.46.